The number of imidazole rings is 1. The van der Waals surface area contributed by atoms with Crippen LogP contribution in [-0.2, 0) is 13.0 Å². The van der Waals surface area contributed by atoms with Gasteiger partial charge in [0.15, 0.2) is 0 Å². The summed E-state index contributed by atoms with van der Waals surface area (Å²) in [5.74, 6) is 1.03. The molecule has 1 aromatic carbocycles. The summed E-state index contributed by atoms with van der Waals surface area (Å²) in [4.78, 5) is 5.73. The van der Waals surface area contributed by atoms with Crippen LogP contribution >= 0.6 is 11.3 Å². The molecule has 4 heteroatoms. The molecule has 0 radical (unpaired) electrons. The zero-order valence-electron chi connectivity index (χ0n) is 10.9. The lowest BCUT2D eigenvalue weighted by atomic mass is 10.1. The van der Waals surface area contributed by atoms with Crippen LogP contribution < -0.4 is 0 Å². The van der Waals surface area contributed by atoms with Gasteiger partial charge >= 0.3 is 0 Å². The van der Waals surface area contributed by atoms with E-state index in [2.05, 4.69) is 33.1 Å². The first-order chi connectivity index (χ1) is 9.86. The standard InChI is InChI=1S/C16H13N3S/c17-11-13-4-1-2-5-14(13)12-19-8-7-18-16(19)10-15-6-3-9-20-15/h1-9H,10,12H2. The molecule has 0 fully saturated rings. The molecule has 0 aliphatic carbocycles. The van der Waals surface area contributed by atoms with Crippen molar-refractivity contribution in [1.82, 2.24) is 9.55 Å². The van der Waals surface area contributed by atoms with Crippen LogP contribution in [0.25, 0.3) is 0 Å². The van der Waals surface area contributed by atoms with Crippen molar-refractivity contribution in [2.24, 2.45) is 0 Å². The van der Waals surface area contributed by atoms with E-state index in [1.165, 1.54) is 4.88 Å². The Labute approximate surface area is 121 Å². The Bertz CT molecular complexity index is 735. The van der Waals surface area contributed by atoms with Gasteiger partial charge < -0.3 is 4.57 Å². The molecule has 0 atom stereocenters. The maximum atomic E-state index is 9.15. The Kier molecular flexibility index (Phi) is 3.62. The summed E-state index contributed by atoms with van der Waals surface area (Å²) in [6, 6.07) is 14.1. The highest BCUT2D eigenvalue weighted by molar-refractivity contribution is 7.09. The fourth-order valence-corrected chi connectivity index (χ4v) is 2.87. The lowest BCUT2D eigenvalue weighted by molar-refractivity contribution is 0.741. The van der Waals surface area contributed by atoms with E-state index >= 15 is 0 Å². The number of nitrogens with zero attached hydrogens (tertiary/aromatic N) is 3. The van der Waals surface area contributed by atoms with E-state index in [1.807, 2.05) is 36.7 Å². The van der Waals surface area contributed by atoms with Crippen LogP contribution in [0.5, 0.6) is 0 Å². The maximum absolute atomic E-state index is 9.15. The third kappa shape index (κ3) is 2.63. The molecule has 2 aromatic heterocycles. The maximum Gasteiger partial charge on any atom is 0.114 e. The first-order valence-electron chi connectivity index (χ1n) is 6.37. The Balaban J connectivity index is 1.85. The summed E-state index contributed by atoms with van der Waals surface area (Å²) in [5.41, 5.74) is 1.75. The van der Waals surface area contributed by atoms with Crippen LogP contribution in [0.15, 0.2) is 54.2 Å². The monoisotopic (exact) mass is 279 g/mol. The Hall–Kier alpha value is -2.38. The molecule has 0 aliphatic heterocycles. The van der Waals surface area contributed by atoms with Crippen molar-refractivity contribution in [3.8, 4) is 6.07 Å². The van der Waals surface area contributed by atoms with Gasteiger partial charge in [0.2, 0.25) is 0 Å². The van der Waals surface area contributed by atoms with Crippen molar-refractivity contribution in [3.63, 3.8) is 0 Å². The van der Waals surface area contributed by atoms with Gasteiger partial charge in [-0.15, -0.1) is 11.3 Å². The summed E-state index contributed by atoms with van der Waals surface area (Å²) in [6.45, 7) is 0.685. The van der Waals surface area contributed by atoms with Gasteiger partial charge in [0.05, 0.1) is 18.2 Å². The second-order valence-electron chi connectivity index (χ2n) is 4.50. The van der Waals surface area contributed by atoms with E-state index < -0.39 is 0 Å². The van der Waals surface area contributed by atoms with E-state index in [9.17, 15) is 0 Å². The first-order valence-corrected chi connectivity index (χ1v) is 7.25. The van der Waals surface area contributed by atoms with Gasteiger partial charge in [0.25, 0.3) is 0 Å². The Morgan fingerprint density at radius 3 is 2.90 bits per heavy atom. The zero-order chi connectivity index (χ0) is 13.8. The minimum Gasteiger partial charge on any atom is -0.330 e. The van der Waals surface area contributed by atoms with E-state index in [-0.39, 0.29) is 0 Å². The predicted octanol–water partition coefficient (Wildman–Crippen LogP) is 3.46. The van der Waals surface area contributed by atoms with Gasteiger partial charge in [-0.2, -0.15) is 5.26 Å². The molecular formula is C16H13N3S. The summed E-state index contributed by atoms with van der Waals surface area (Å²) < 4.78 is 2.11. The van der Waals surface area contributed by atoms with Gasteiger partial charge in [0.1, 0.15) is 5.82 Å². The Morgan fingerprint density at radius 2 is 2.10 bits per heavy atom. The molecule has 0 spiro atoms. The second-order valence-corrected chi connectivity index (χ2v) is 5.53. The smallest absolute Gasteiger partial charge is 0.114 e. The molecule has 3 aromatic rings. The number of rotatable bonds is 4. The number of aromatic nitrogens is 2. The van der Waals surface area contributed by atoms with Crippen LogP contribution in [0.4, 0.5) is 0 Å². The number of benzene rings is 1. The SMILES string of the molecule is N#Cc1ccccc1Cn1ccnc1Cc1cccs1. The van der Waals surface area contributed by atoms with E-state index in [0.717, 1.165) is 23.4 Å². The number of thiophene rings is 1. The summed E-state index contributed by atoms with van der Waals surface area (Å²) in [6.07, 6.45) is 4.62. The van der Waals surface area contributed by atoms with Crippen molar-refractivity contribution < 1.29 is 0 Å². The predicted molar refractivity (Wildman–Crippen MR) is 79.6 cm³/mol. The molecular weight excluding hydrogens is 266 g/mol. The van der Waals surface area contributed by atoms with E-state index in [1.54, 1.807) is 11.3 Å². The average Bonchev–Trinajstić information content (AvgIpc) is 3.13. The summed E-state index contributed by atoms with van der Waals surface area (Å²) >= 11 is 1.74. The molecule has 0 N–H and O–H groups in total. The van der Waals surface area contributed by atoms with Crippen molar-refractivity contribution in [1.29, 1.82) is 5.26 Å². The zero-order valence-corrected chi connectivity index (χ0v) is 11.7. The number of hydrogen-bond acceptors (Lipinski definition) is 3. The van der Waals surface area contributed by atoms with Gasteiger partial charge in [-0.3, -0.25) is 0 Å². The molecule has 0 aliphatic rings. The molecule has 0 saturated carbocycles. The molecule has 0 amide bonds. The quantitative estimate of drug-likeness (QED) is 0.734. The van der Waals surface area contributed by atoms with Crippen molar-refractivity contribution in [3.05, 3.63) is 76.0 Å². The highest BCUT2D eigenvalue weighted by atomic mass is 32.1. The minimum absolute atomic E-state index is 0.685. The van der Waals surface area contributed by atoms with Crippen LogP contribution in [0.2, 0.25) is 0 Å². The fraction of sp³-hybridized carbons (Fsp3) is 0.125. The Morgan fingerprint density at radius 1 is 1.20 bits per heavy atom. The van der Waals surface area contributed by atoms with E-state index in [4.69, 9.17) is 5.26 Å². The fourth-order valence-electron chi connectivity index (χ4n) is 2.17. The highest BCUT2D eigenvalue weighted by Gasteiger charge is 2.07. The molecule has 20 heavy (non-hydrogen) atoms. The average molecular weight is 279 g/mol. The molecule has 3 nitrogen and oxygen atoms in total. The molecule has 0 unspecified atom stereocenters. The molecule has 98 valence electrons. The lowest BCUT2D eigenvalue weighted by Gasteiger charge is -2.08. The topological polar surface area (TPSA) is 41.6 Å². The van der Waals surface area contributed by atoms with Crippen LogP contribution in [0, 0.1) is 11.3 Å². The third-order valence-electron chi connectivity index (χ3n) is 3.19. The van der Waals surface area contributed by atoms with Crippen LogP contribution in [0.3, 0.4) is 0 Å². The van der Waals surface area contributed by atoms with Gasteiger partial charge in [0, 0.05) is 23.7 Å². The molecule has 3 rings (SSSR count). The lowest BCUT2D eigenvalue weighted by Crippen LogP contribution is -2.05. The van der Waals surface area contributed by atoms with E-state index in [0.29, 0.717) is 6.54 Å². The summed E-state index contributed by atoms with van der Waals surface area (Å²) in [5, 5.41) is 11.2. The number of nitriles is 1. The van der Waals surface area contributed by atoms with Gasteiger partial charge in [-0.1, -0.05) is 24.3 Å². The molecule has 0 saturated heterocycles. The van der Waals surface area contributed by atoms with Gasteiger partial charge in [-0.05, 0) is 23.1 Å². The minimum atomic E-state index is 0.685. The summed E-state index contributed by atoms with van der Waals surface area (Å²) in [7, 11) is 0. The van der Waals surface area contributed by atoms with Crippen LogP contribution in [0.1, 0.15) is 21.8 Å². The highest BCUT2D eigenvalue weighted by Crippen LogP contribution is 2.16. The van der Waals surface area contributed by atoms with Crippen molar-refractivity contribution in [2.75, 3.05) is 0 Å². The third-order valence-corrected chi connectivity index (χ3v) is 4.07. The molecule has 0 bridgehead atoms. The molecule has 2 heterocycles. The second kappa shape index (κ2) is 5.72. The first kappa shape index (κ1) is 12.6. The van der Waals surface area contributed by atoms with Crippen molar-refractivity contribution in [2.45, 2.75) is 13.0 Å². The largest absolute Gasteiger partial charge is 0.330 e. The normalized spacial score (nSPS) is 10.3. The van der Waals surface area contributed by atoms with Gasteiger partial charge in [-0.25, -0.2) is 4.98 Å². The number of hydrogen-bond donors (Lipinski definition) is 0. The van der Waals surface area contributed by atoms with Crippen molar-refractivity contribution >= 4 is 11.3 Å². The van der Waals surface area contributed by atoms with Crippen LogP contribution in [-0.4, -0.2) is 9.55 Å².